The lowest BCUT2D eigenvalue weighted by Gasteiger charge is -2.27. The number of nitrogens with one attached hydrogen (secondary N) is 1. The van der Waals surface area contributed by atoms with Gasteiger partial charge in [0.25, 0.3) is 0 Å². The van der Waals surface area contributed by atoms with Crippen LogP contribution in [0.1, 0.15) is 46.0 Å². The van der Waals surface area contributed by atoms with Crippen LogP contribution in [-0.4, -0.2) is 17.2 Å². The fourth-order valence-electron chi connectivity index (χ4n) is 2.22. The highest BCUT2D eigenvalue weighted by molar-refractivity contribution is 7.80. The minimum absolute atomic E-state index is 0.00373. The van der Waals surface area contributed by atoms with E-state index >= 15 is 0 Å². The van der Waals surface area contributed by atoms with Crippen LogP contribution in [0.2, 0.25) is 0 Å². The predicted octanol–water partition coefficient (Wildman–Crippen LogP) is 2.39. The summed E-state index contributed by atoms with van der Waals surface area (Å²) in [5.41, 5.74) is 0.247. The molecule has 0 radical (unpaired) electrons. The number of amides is 1. The highest BCUT2D eigenvalue weighted by Crippen LogP contribution is 2.49. The van der Waals surface area contributed by atoms with Crippen molar-refractivity contribution in [3.8, 4) is 0 Å². The van der Waals surface area contributed by atoms with E-state index in [0.29, 0.717) is 12.3 Å². The molecule has 0 aromatic heterocycles. The lowest BCUT2D eigenvalue weighted by Crippen LogP contribution is -2.45. The van der Waals surface area contributed by atoms with Crippen molar-refractivity contribution in [2.45, 2.75) is 51.5 Å². The lowest BCUT2D eigenvalue weighted by molar-refractivity contribution is -0.123. The van der Waals surface area contributed by atoms with E-state index in [4.69, 9.17) is 0 Å². The van der Waals surface area contributed by atoms with Crippen LogP contribution in [0.3, 0.4) is 0 Å². The number of carbonyl (C=O) groups excluding carboxylic acids is 1. The first-order chi connectivity index (χ1) is 6.97. The van der Waals surface area contributed by atoms with Gasteiger partial charge in [0.2, 0.25) is 5.91 Å². The van der Waals surface area contributed by atoms with Crippen LogP contribution in [0.25, 0.3) is 0 Å². The van der Waals surface area contributed by atoms with Crippen molar-refractivity contribution in [2.24, 2.45) is 11.3 Å². The Labute approximate surface area is 97.6 Å². The third-order valence-corrected chi connectivity index (χ3v) is 4.56. The summed E-state index contributed by atoms with van der Waals surface area (Å²) in [6, 6.07) is 0. The van der Waals surface area contributed by atoms with Crippen LogP contribution in [0.5, 0.6) is 0 Å². The predicted molar refractivity (Wildman–Crippen MR) is 65.1 cm³/mol. The Balaban J connectivity index is 1.81. The fraction of sp³-hybridized carbons (Fsp3) is 0.917. The summed E-state index contributed by atoms with van der Waals surface area (Å²) in [5, 5.41) is 3.18. The molecule has 1 N–H and O–H groups in total. The Bertz CT molecular complexity index is 267. The minimum atomic E-state index is 0.00373. The molecular formula is C12H21NOS. The number of hydrogen-bond donors (Lipinski definition) is 2. The lowest BCUT2D eigenvalue weighted by atomic mass is 9.97. The number of thiol groups is 1. The van der Waals surface area contributed by atoms with Crippen molar-refractivity contribution in [1.29, 1.82) is 0 Å². The fourth-order valence-corrected chi connectivity index (χ4v) is 2.65. The molecule has 2 rings (SSSR count). The van der Waals surface area contributed by atoms with Gasteiger partial charge in [-0.25, -0.2) is 0 Å². The highest BCUT2D eigenvalue weighted by Gasteiger charge is 2.45. The van der Waals surface area contributed by atoms with Gasteiger partial charge in [0.15, 0.2) is 0 Å². The van der Waals surface area contributed by atoms with E-state index in [1.165, 1.54) is 25.7 Å². The van der Waals surface area contributed by atoms with E-state index in [2.05, 4.69) is 31.8 Å². The van der Waals surface area contributed by atoms with Crippen molar-refractivity contribution in [3.05, 3.63) is 0 Å². The summed E-state index contributed by atoms with van der Waals surface area (Å²) in [5.74, 6) is 1.77. The van der Waals surface area contributed by atoms with Gasteiger partial charge in [0.1, 0.15) is 0 Å². The Morgan fingerprint density at radius 2 is 2.07 bits per heavy atom. The van der Waals surface area contributed by atoms with Gasteiger partial charge in [-0.1, -0.05) is 0 Å². The second-order valence-electron chi connectivity index (χ2n) is 5.88. The van der Waals surface area contributed by atoms with Gasteiger partial charge in [-0.3, -0.25) is 4.79 Å². The summed E-state index contributed by atoms with van der Waals surface area (Å²) < 4.78 is 0. The van der Waals surface area contributed by atoms with E-state index in [1.807, 2.05) is 0 Å². The van der Waals surface area contributed by atoms with Crippen LogP contribution in [-0.2, 0) is 4.79 Å². The van der Waals surface area contributed by atoms with Gasteiger partial charge < -0.3 is 5.32 Å². The molecule has 86 valence electrons. The molecule has 0 aromatic rings. The van der Waals surface area contributed by atoms with Crippen LogP contribution < -0.4 is 5.32 Å². The van der Waals surface area contributed by atoms with E-state index in [9.17, 15) is 4.79 Å². The van der Waals surface area contributed by atoms with Crippen LogP contribution in [0, 0.1) is 11.3 Å². The van der Waals surface area contributed by atoms with E-state index in [-0.39, 0.29) is 16.9 Å². The monoisotopic (exact) mass is 227 g/mol. The smallest absolute Gasteiger partial charge is 0.221 e. The second-order valence-corrected chi connectivity index (χ2v) is 6.20. The van der Waals surface area contributed by atoms with Crippen molar-refractivity contribution < 1.29 is 4.79 Å². The second kappa shape index (κ2) is 3.69. The number of carbonyl (C=O) groups is 1. The molecule has 0 aromatic carbocycles. The maximum atomic E-state index is 11.9. The number of rotatable bonds is 5. The first-order valence-electron chi connectivity index (χ1n) is 5.89. The van der Waals surface area contributed by atoms with Crippen molar-refractivity contribution >= 4 is 18.5 Å². The molecule has 15 heavy (non-hydrogen) atoms. The molecule has 0 saturated heterocycles. The molecule has 0 unspecified atom stereocenters. The molecule has 2 fully saturated rings. The zero-order valence-corrected chi connectivity index (χ0v) is 10.6. The maximum absolute atomic E-state index is 11.9. The van der Waals surface area contributed by atoms with Crippen molar-refractivity contribution in [2.75, 3.05) is 5.75 Å². The molecule has 1 amide bonds. The Morgan fingerprint density at radius 1 is 1.47 bits per heavy atom. The minimum Gasteiger partial charge on any atom is -0.351 e. The first kappa shape index (κ1) is 11.3. The summed E-state index contributed by atoms with van der Waals surface area (Å²) in [7, 11) is 0. The van der Waals surface area contributed by atoms with Gasteiger partial charge in [-0.2, -0.15) is 12.6 Å². The molecule has 0 spiro atoms. The normalized spacial score (nSPS) is 23.7. The Kier molecular flexibility index (Phi) is 2.78. The molecule has 0 bridgehead atoms. The Hall–Kier alpha value is -0.180. The third-order valence-electron chi connectivity index (χ3n) is 3.89. The largest absolute Gasteiger partial charge is 0.351 e. The third kappa shape index (κ3) is 2.68. The van der Waals surface area contributed by atoms with E-state index in [0.717, 1.165) is 5.75 Å². The van der Waals surface area contributed by atoms with Gasteiger partial charge in [0, 0.05) is 12.0 Å². The zero-order valence-electron chi connectivity index (χ0n) is 9.68. The zero-order chi connectivity index (χ0) is 11.1. The average Bonchev–Trinajstić information content (AvgIpc) is 2.99. The van der Waals surface area contributed by atoms with Gasteiger partial charge in [0.05, 0.1) is 0 Å². The quantitative estimate of drug-likeness (QED) is 0.694. The molecule has 2 aliphatic carbocycles. The molecule has 3 heteroatoms. The van der Waals surface area contributed by atoms with Crippen LogP contribution in [0.15, 0.2) is 0 Å². The van der Waals surface area contributed by atoms with E-state index in [1.54, 1.807) is 0 Å². The van der Waals surface area contributed by atoms with Gasteiger partial charge in [-0.05, 0) is 56.6 Å². The Morgan fingerprint density at radius 3 is 2.47 bits per heavy atom. The van der Waals surface area contributed by atoms with Crippen molar-refractivity contribution in [1.82, 2.24) is 5.32 Å². The standard InChI is InChI=1S/C12H21NOS/c1-11(2,9-3-4-9)13-10(14)7-12(8-15)5-6-12/h9,15H,3-8H2,1-2H3,(H,13,14). The van der Waals surface area contributed by atoms with E-state index < -0.39 is 0 Å². The van der Waals surface area contributed by atoms with Crippen LogP contribution >= 0.6 is 12.6 Å². The molecule has 2 aliphatic rings. The molecule has 0 atom stereocenters. The molecule has 2 saturated carbocycles. The summed E-state index contributed by atoms with van der Waals surface area (Å²) in [4.78, 5) is 11.9. The topological polar surface area (TPSA) is 29.1 Å². The SMILES string of the molecule is CC(C)(NC(=O)CC1(CS)CC1)C1CC1. The molecule has 0 heterocycles. The summed E-state index contributed by atoms with van der Waals surface area (Å²) in [6.07, 6.45) is 5.56. The average molecular weight is 227 g/mol. The van der Waals surface area contributed by atoms with Crippen molar-refractivity contribution in [3.63, 3.8) is 0 Å². The molecular weight excluding hydrogens is 206 g/mol. The summed E-state index contributed by atoms with van der Waals surface area (Å²) >= 11 is 4.32. The molecule has 2 nitrogen and oxygen atoms in total. The maximum Gasteiger partial charge on any atom is 0.221 e. The van der Waals surface area contributed by atoms with Gasteiger partial charge in [-0.15, -0.1) is 0 Å². The number of hydrogen-bond acceptors (Lipinski definition) is 2. The first-order valence-corrected chi connectivity index (χ1v) is 6.53. The van der Waals surface area contributed by atoms with Crippen LogP contribution in [0.4, 0.5) is 0 Å². The summed E-state index contributed by atoms with van der Waals surface area (Å²) in [6.45, 7) is 4.28. The molecule has 0 aliphatic heterocycles. The highest BCUT2D eigenvalue weighted by atomic mass is 32.1. The van der Waals surface area contributed by atoms with Gasteiger partial charge >= 0.3 is 0 Å².